The van der Waals surface area contributed by atoms with Crippen LogP contribution in [0.2, 0.25) is 0 Å². The van der Waals surface area contributed by atoms with E-state index in [0.717, 1.165) is 37.0 Å². The summed E-state index contributed by atoms with van der Waals surface area (Å²) in [7, 11) is 0. The molecule has 0 radical (unpaired) electrons. The highest BCUT2D eigenvalue weighted by molar-refractivity contribution is 5.75. The number of ketones is 1. The Balaban J connectivity index is 1.31. The molecule has 4 saturated carbocycles. The average Bonchev–Trinajstić information content (AvgIpc) is 3.20. The lowest BCUT2D eigenvalue weighted by molar-refractivity contribution is -0.160. The second-order valence-electron chi connectivity index (χ2n) is 12.8. The molecule has 5 aliphatic rings. The minimum atomic E-state index is -0.117. The highest BCUT2D eigenvalue weighted by atomic mass is 16.5. The summed E-state index contributed by atoms with van der Waals surface area (Å²) in [4.78, 5) is 23.0. The van der Waals surface area contributed by atoms with Crippen molar-refractivity contribution in [2.24, 2.45) is 46.3 Å². The van der Waals surface area contributed by atoms with Gasteiger partial charge in [-0.05, 0) is 111 Å². The summed E-state index contributed by atoms with van der Waals surface area (Å²) in [5, 5.41) is 0. The van der Waals surface area contributed by atoms with Crippen LogP contribution in [-0.4, -0.2) is 30.1 Å². The van der Waals surface area contributed by atoms with Crippen molar-refractivity contribution < 1.29 is 19.1 Å². The van der Waals surface area contributed by atoms with Crippen LogP contribution in [0.4, 0.5) is 0 Å². The largest absolute Gasteiger partial charge is 0.463 e. The topological polar surface area (TPSA) is 52.6 Å². The number of ether oxygens (including phenoxy) is 2. The van der Waals surface area contributed by atoms with Gasteiger partial charge in [0.2, 0.25) is 0 Å². The second-order valence-corrected chi connectivity index (χ2v) is 12.8. The van der Waals surface area contributed by atoms with Gasteiger partial charge in [-0.15, -0.1) is 0 Å². The maximum absolute atomic E-state index is 11.5. The first kappa shape index (κ1) is 22.9. The number of rotatable bonds is 4. The van der Waals surface area contributed by atoms with Crippen molar-refractivity contribution in [3.05, 3.63) is 0 Å². The fraction of sp³-hybridized carbons (Fsp3) is 0.929. The summed E-state index contributed by atoms with van der Waals surface area (Å²) in [6, 6.07) is 0. The van der Waals surface area contributed by atoms with Gasteiger partial charge in [-0.1, -0.05) is 20.8 Å². The Bertz CT molecular complexity index is 763. The molecule has 1 heterocycles. The van der Waals surface area contributed by atoms with Gasteiger partial charge in [-0.2, -0.15) is 0 Å². The molecular formula is C28H44O4. The molecule has 0 aromatic heterocycles. The zero-order valence-corrected chi connectivity index (χ0v) is 20.9. The van der Waals surface area contributed by atoms with Crippen LogP contribution in [-0.2, 0) is 19.1 Å². The average molecular weight is 445 g/mol. The smallest absolute Gasteiger partial charge is 0.302 e. The third-order valence-electron chi connectivity index (χ3n) is 11.3. The summed E-state index contributed by atoms with van der Waals surface area (Å²) in [5.41, 5.74) is 0.809. The second kappa shape index (κ2) is 8.10. The van der Waals surface area contributed by atoms with Crippen LogP contribution in [0.5, 0.6) is 0 Å². The van der Waals surface area contributed by atoms with Gasteiger partial charge in [0.25, 0.3) is 0 Å². The summed E-state index contributed by atoms with van der Waals surface area (Å²) >= 11 is 0. The zero-order chi connectivity index (χ0) is 22.8. The lowest BCUT2D eigenvalue weighted by atomic mass is 9.44. The molecule has 0 bridgehead atoms. The van der Waals surface area contributed by atoms with Crippen molar-refractivity contribution in [2.45, 2.75) is 117 Å². The van der Waals surface area contributed by atoms with Crippen molar-refractivity contribution in [3.63, 3.8) is 0 Å². The molecule has 0 spiro atoms. The fourth-order valence-corrected chi connectivity index (χ4v) is 9.92. The highest BCUT2D eigenvalue weighted by Crippen LogP contribution is 2.70. The number of carbonyl (C=O) groups excluding carboxylic acids is 2. The molecule has 1 saturated heterocycles. The van der Waals surface area contributed by atoms with Gasteiger partial charge >= 0.3 is 5.97 Å². The molecule has 0 amide bonds. The van der Waals surface area contributed by atoms with Gasteiger partial charge in [-0.25, -0.2) is 0 Å². The SMILES string of the molecule is CC(=O)CCC1OC2CC3C4CCC5CC(OC(C)=O)CCC5(C)C4CCC3(C)C2C1C. The van der Waals surface area contributed by atoms with E-state index in [1.54, 1.807) is 13.8 Å². The minimum Gasteiger partial charge on any atom is -0.463 e. The van der Waals surface area contributed by atoms with E-state index in [2.05, 4.69) is 20.8 Å². The van der Waals surface area contributed by atoms with Crippen molar-refractivity contribution in [1.82, 2.24) is 0 Å². The van der Waals surface area contributed by atoms with Gasteiger partial charge < -0.3 is 14.3 Å². The Labute approximate surface area is 194 Å². The van der Waals surface area contributed by atoms with Crippen LogP contribution >= 0.6 is 0 Å². The first-order valence-corrected chi connectivity index (χ1v) is 13.5. The predicted octanol–water partition coefficient (Wildman–Crippen LogP) is 5.96. The summed E-state index contributed by atoms with van der Waals surface area (Å²) in [6.07, 6.45) is 12.3. The summed E-state index contributed by atoms with van der Waals surface area (Å²) in [6.45, 7) is 10.8. The van der Waals surface area contributed by atoms with Gasteiger partial charge in [0.05, 0.1) is 12.2 Å². The van der Waals surface area contributed by atoms with Crippen molar-refractivity contribution in [1.29, 1.82) is 0 Å². The van der Waals surface area contributed by atoms with E-state index < -0.39 is 0 Å². The molecule has 4 heteroatoms. The molecule has 4 nitrogen and oxygen atoms in total. The Morgan fingerprint density at radius 1 is 0.969 bits per heavy atom. The van der Waals surface area contributed by atoms with Gasteiger partial charge in [0, 0.05) is 13.3 Å². The molecule has 32 heavy (non-hydrogen) atoms. The molecule has 1 aliphatic heterocycles. The van der Waals surface area contributed by atoms with Crippen LogP contribution in [0, 0.1) is 46.3 Å². The minimum absolute atomic E-state index is 0.117. The van der Waals surface area contributed by atoms with E-state index in [9.17, 15) is 9.59 Å². The van der Waals surface area contributed by atoms with Gasteiger partial charge in [0.15, 0.2) is 0 Å². The number of hydrogen-bond donors (Lipinski definition) is 0. The Kier molecular flexibility index (Phi) is 5.79. The number of carbonyl (C=O) groups is 2. The molecule has 180 valence electrons. The first-order chi connectivity index (χ1) is 15.1. The lowest BCUT2D eigenvalue weighted by Gasteiger charge is -2.61. The maximum atomic E-state index is 11.5. The Hall–Kier alpha value is -0.900. The normalized spacial score (nSPS) is 51.8. The van der Waals surface area contributed by atoms with E-state index in [-0.39, 0.29) is 24.0 Å². The molecule has 5 fully saturated rings. The van der Waals surface area contributed by atoms with Gasteiger partial charge in [0.1, 0.15) is 11.9 Å². The van der Waals surface area contributed by atoms with Crippen LogP contribution < -0.4 is 0 Å². The van der Waals surface area contributed by atoms with E-state index >= 15 is 0 Å². The predicted molar refractivity (Wildman–Crippen MR) is 124 cm³/mol. The molecule has 0 aromatic rings. The lowest BCUT2D eigenvalue weighted by Crippen LogP contribution is -2.54. The fourth-order valence-electron chi connectivity index (χ4n) is 9.92. The summed E-state index contributed by atoms with van der Waals surface area (Å²) in [5.74, 6) is 4.55. The van der Waals surface area contributed by atoms with Crippen molar-refractivity contribution in [3.8, 4) is 0 Å². The van der Waals surface area contributed by atoms with Crippen LogP contribution in [0.25, 0.3) is 0 Å². The number of Topliss-reactive ketones (excluding diaryl/α,β-unsaturated/α-hetero) is 1. The Morgan fingerprint density at radius 2 is 1.72 bits per heavy atom. The number of fused-ring (bicyclic) bond motifs is 7. The third-order valence-corrected chi connectivity index (χ3v) is 11.3. The van der Waals surface area contributed by atoms with Crippen LogP contribution in [0.15, 0.2) is 0 Å². The Morgan fingerprint density at radius 3 is 2.44 bits per heavy atom. The van der Waals surface area contributed by atoms with Crippen LogP contribution in [0.3, 0.4) is 0 Å². The molecule has 4 aliphatic carbocycles. The van der Waals surface area contributed by atoms with Crippen molar-refractivity contribution in [2.75, 3.05) is 0 Å². The first-order valence-electron chi connectivity index (χ1n) is 13.5. The molecule has 5 rings (SSSR count). The monoisotopic (exact) mass is 444 g/mol. The third kappa shape index (κ3) is 3.49. The molecule has 11 unspecified atom stereocenters. The maximum Gasteiger partial charge on any atom is 0.302 e. The zero-order valence-electron chi connectivity index (χ0n) is 20.9. The van der Waals surface area contributed by atoms with E-state index in [1.165, 1.54) is 38.5 Å². The molecule has 11 atom stereocenters. The van der Waals surface area contributed by atoms with E-state index in [0.29, 0.717) is 41.1 Å². The molecule has 0 N–H and O–H groups in total. The number of esters is 1. The number of hydrogen-bond acceptors (Lipinski definition) is 4. The van der Waals surface area contributed by atoms with Crippen LogP contribution in [0.1, 0.15) is 98.8 Å². The van der Waals surface area contributed by atoms with Gasteiger partial charge in [-0.3, -0.25) is 4.79 Å². The van der Waals surface area contributed by atoms with E-state index in [1.807, 2.05) is 0 Å². The molecule has 0 aromatic carbocycles. The standard InChI is InChI=1S/C28H44O4/c1-16(29)6-9-24-17(2)26-25(32-24)15-23-21-8-7-19-14-20(31-18(3)30)10-12-27(19,4)22(21)11-13-28(23,26)5/h17,19-26H,6-15H2,1-5H3. The van der Waals surface area contributed by atoms with E-state index in [4.69, 9.17) is 9.47 Å². The highest BCUT2D eigenvalue weighted by Gasteiger charge is 2.65. The summed E-state index contributed by atoms with van der Waals surface area (Å²) < 4.78 is 12.3. The molecular weight excluding hydrogens is 400 g/mol. The van der Waals surface area contributed by atoms with Crippen molar-refractivity contribution >= 4 is 11.8 Å². The quantitative estimate of drug-likeness (QED) is 0.502.